The van der Waals surface area contributed by atoms with Gasteiger partial charge in [-0.15, -0.1) is 12.4 Å². The Bertz CT molecular complexity index is 438. The Labute approximate surface area is 134 Å². The molecule has 1 aliphatic carbocycles. The monoisotopic (exact) mass is 361 g/mol. The first-order chi connectivity index (χ1) is 9.22. The Morgan fingerprint density at radius 1 is 1.45 bits per heavy atom. The second-order valence-corrected chi connectivity index (χ2v) is 5.90. The zero-order chi connectivity index (χ0) is 13.7. The molecule has 6 heteroatoms. The Hall–Kier alpha value is -0.650. The van der Waals surface area contributed by atoms with E-state index >= 15 is 0 Å². The average Bonchev–Trinajstić information content (AvgIpc) is 2.46. The minimum Gasteiger partial charge on any atom is -0.346 e. The van der Waals surface area contributed by atoms with Crippen LogP contribution in [0.2, 0.25) is 0 Å². The van der Waals surface area contributed by atoms with Gasteiger partial charge in [0.15, 0.2) is 0 Å². The van der Waals surface area contributed by atoms with E-state index in [1.807, 2.05) is 6.07 Å². The van der Waals surface area contributed by atoms with E-state index in [2.05, 4.69) is 26.2 Å². The lowest BCUT2D eigenvalue weighted by atomic mass is 9.84. The molecule has 0 aromatic carbocycles. The summed E-state index contributed by atoms with van der Waals surface area (Å²) in [5, 5.41) is 3.04. The van der Waals surface area contributed by atoms with Crippen LogP contribution in [-0.4, -0.2) is 23.5 Å². The zero-order valence-electron chi connectivity index (χ0n) is 11.3. The van der Waals surface area contributed by atoms with Gasteiger partial charge in [0, 0.05) is 23.3 Å². The van der Waals surface area contributed by atoms with E-state index in [-0.39, 0.29) is 24.4 Å². The normalized spacial score (nSPS) is 17.1. The van der Waals surface area contributed by atoms with E-state index in [1.54, 1.807) is 12.3 Å². The Kier molecular flexibility index (Phi) is 7.48. The molecule has 4 nitrogen and oxygen atoms in total. The smallest absolute Gasteiger partial charge is 0.271 e. The number of hydrogen-bond donors (Lipinski definition) is 2. The number of pyridine rings is 1. The summed E-state index contributed by atoms with van der Waals surface area (Å²) in [6.07, 6.45) is 7.72. The fourth-order valence-electron chi connectivity index (χ4n) is 2.70. The first-order valence-corrected chi connectivity index (χ1v) is 7.63. The zero-order valence-corrected chi connectivity index (χ0v) is 13.8. The van der Waals surface area contributed by atoms with Crippen molar-refractivity contribution in [3.63, 3.8) is 0 Å². The van der Waals surface area contributed by atoms with Gasteiger partial charge in [0.2, 0.25) is 0 Å². The van der Waals surface area contributed by atoms with Crippen molar-refractivity contribution in [2.45, 2.75) is 38.1 Å². The maximum absolute atomic E-state index is 12.2. The highest BCUT2D eigenvalue weighted by Crippen LogP contribution is 2.26. The third-order valence-electron chi connectivity index (χ3n) is 3.76. The molecule has 1 heterocycles. The van der Waals surface area contributed by atoms with Crippen LogP contribution in [0.25, 0.3) is 0 Å². The number of carbonyl (C=O) groups is 1. The van der Waals surface area contributed by atoms with Crippen LogP contribution >= 0.6 is 28.3 Å². The van der Waals surface area contributed by atoms with Crippen LogP contribution in [0.15, 0.2) is 22.8 Å². The number of rotatable bonds is 4. The van der Waals surface area contributed by atoms with Crippen LogP contribution in [0.1, 0.15) is 42.6 Å². The van der Waals surface area contributed by atoms with E-state index in [1.165, 1.54) is 19.3 Å². The van der Waals surface area contributed by atoms with Gasteiger partial charge in [-0.2, -0.15) is 0 Å². The summed E-state index contributed by atoms with van der Waals surface area (Å²) in [5.41, 5.74) is 6.25. The molecule has 1 aromatic rings. The molecular weight excluding hydrogens is 342 g/mol. The highest BCUT2D eigenvalue weighted by Gasteiger charge is 2.25. The molecule has 0 spiro atoms. The summed E-state index contributed by atoms with van der Waals surface area (Å²) in [5.74, 6) is 0.360. The van der Waals surface area contributed by atoms with E-state index in [0.717, 1.165) is 12.8 Å². The fourth-order valence-corrected chi connectivity index (χ4v) is 3.13. The second kappa shape index (κ2) is 8.60. The van der Waals surface area contributed by atoms with Crippen molar-refractivity contribution in [1.82, 2.24) is 10.3 Å². The molecule has 0 bridgehead atoms. The lowest BCUT2D eigenvalue weighted by Crippen LogP contribution is -2.46. The molecule has 20 heavy (non-hydrogen) atoms. The maximum atomic E-state index is 12.2. The lowest BCUT2D eigenvalue weighted by molar-refractivity contribution is 0.0909. The molecule has 112 valence electrons. The molecule has 1 aromatic heterocycles. The van der Waals surface area contributed by atoms with Gasteiger partial charge in [-0.1, -0.05) is 19.3 Å². The third-order valence-corrected chi connectivity index (χ3v) is 4.40. The number of halogens is 2. The average molecular weight is 363 g/mol. The second-order valence-electron chi connectivity index (χ2n) is 5.05. The summed E-state index contributed by atoms with van der Waals surface area (Å²) >= 11 is 3.35. The van der Waals surface area contributed by atoms with E-state index in [4.69, 9.17) is 5.73 Å². The van der Waals surface area contributed by atoms with Crippen molar-refractivity contribution in [3.8, 4) is 0 Å². The van der Waals surface area contributed by atoms with Crippen LogP contribution in [-0.2, 0) is 0 Å². The van der Waals surface area contributed by atoms with Gasteiger partial charge < -0.3 is 11.1 Å². The number of aromatic nitrogens is 1. The Morgan fingerprint density at radius 2 is 2.15 bits per heavy atom. The van der Waals surface area contributed by atoms with Crippen molar-refractivity contribution in [2.24, 2.45) is 11.7 Å². The van der Waals surface area contributed by atoms with Crippen molar-refractivity contribution in [3.05, 3.63) is 28.5 Å². The summed E-state index contributed by atoms with van der Waals surface area (Å²) < 4.78 is 0.715. The Morgan fingerprint density at radius 3 is 2.75 bits per heavy atom. The van der Waals surface area contributed by atoms with Crippen LogP contribution in [0, 0.1) is 5.92 Å². The number of hydrogen-bond acceptors (Lipinski definition) is 3. The molecule has 1 unspecified atom stereocenters. The van der Waals surface area contributed by atoms with Gasteiger partial charge in [-0.05, 0) is 46.8 Å². The topological polar surface area (TPSA) is 68.0 Å². The molecule has 2 rings (SSSR count). The first kappa shape index (κ1) is 17.4. The summed E-state index contributed by atoms with van der Waals surface area (Å²) in [6.45, 7) is 0.487. The molecule has 1 fully saturated rings. The molecule has 1 aliphatic rings. The van der Waals surface area contributed by atoms with Crippen molar-refractivity contribution in [2.75, 3.05) is 6.54 Å². The van der Waals surface area contributed by atoms with Gasteiger partial charge >= 0.3 is 0 Å². The van der Waals surface area contributed by atoms with Gasteiger partial charge in [0.1, 0.15) is 5.69 Å². The van der Waals surface area contributed by atoms with Crippen LogP contribution in [0.4, 0.5) is 0 Å². The van der Waals surface area contributed by atoms with Crippen LogP contribution in [0.3, 0.4) is 0 Å². The minimum absolute atomic E-state index is 0. The van der Waals surface area contributed by atoms with Gasteiger partial charge in [-0.25, -0.2) is 4.98 Å². The molecule has 1 saturated carbocycles. The highest BCUT2D eigenvalue weighted by atomic mass is 79.9. The fraction of sp³-hybridized carbons (Fsp3) is 0.571. The summed E-state index contributed by atoms with van der Waals surface area (Å²) in [7, 11) is 0. The van der Waals surface area contributed by atoms with E-state index in [9.17, 15) is 4.79 Å². The minimum atomic E-state index is -0.145. The first-order valence-electron chi connectivity index (χ1n) is 6.84. The molecule has 0 radical (unpaired) electrons. The number of nitrogens with zero attached hydrogens (tertiary/aromatic N) is 1. The van der Waals surface area contributed by atoms with Crippen LogP contribution in [0.5, 0.6) is 0 Å². The molecule has 1 atom stereocenters. The summed E-state index contributed by atoms with van der Waals surface area (Å²) in [6, 6.07) is 3.67. The third kappa shape index (κ3) is 4.43. The SMILES string of the molecule is Cl.NCC(NC(=O)c1ncccc1Br)C1CCCCC1. The van der Waals surface area contributed by atoms with Crippen molar-refractivity contribution in [1.29, 1.82) is 0 Å². The van der Waals surface area contributed by atoms with Gasteiger partial charge in [0.05, 0.1) is 0 Å². The summed E-state index contributed by atoms with van der Waals surface area (Å²) in [4.78, 5) is 16.3. The molecule has 1 amide bonds. The predicted molar refractivity (Wildman–Crippen MR) is 86.1 cm³/mol. The number of amides is 1. The number of carbonyl (C=O) groups excluding carboxylic acids is 1. The van der Waals surface area contributed by atoms with E-state index < -0.39 is 0 Å². The van der Waals surface area contributed by atoms with Gasteiger partial charge in [0.25, 0.3) is 5.91 Å². The Balaban J connectivity index is 0.00000200. The molecule has 0 aliphatic heterocycles. The predicted octanol–water partition coefficient (Wildman–Crippen LogP) is 2.90. The molecule has 3 N–H and O–H groups in total. The quantitative estimate of drug-likeness (QED) is 0.865. The number of nitrogens with two attached hydrogens (primary N) is 1. The highest BCUT2D eigenvalue weighted by molar-refractivity contribution is 9.10. The molecule has 0 saturated heterocycles. The maximum Gasteiger partial charge on any atom is 0.271 e. The molecular formula is C14H21BrClN3O. The van der Waals surface area contributed by atoms with Crippen molar-refractivity contribution >= 4 is 34.2 Å². The van der Waals surface area contributed by atoms with Crippen LogP contribution < -0.4 is 11.1 Å². The van der Waals surface area contributed by atoms with Crippen molar-refractivity contribution < 1.29 is 4.79 Å². The number of nitrogens with one attached hydrogen (secondary N) is 1. The largest absolute Gasteiger partial charge is 0.346 e. The standard InChI is InChI=1S/C14H20BrN3O.ClH/c15-11-7-4-8-17-13(11)14(19)18-12(9-16)10-5-2-1-3-6-10;/h4,7-8,10,12H,1-3,5-6,9,16H2,(H,18,19);1H. The van der Waals surface area contributed by atoms with E-state index in [0.29, 0.717) is 22.6 Å². The van der Waals surface area contributed by atoms with Gasteiger partial charge in [-0.3, -0.25) is 4.79 Å². The lowest BCUT2D eigenvalue weighted by Gasteiger charge is -2.30.